The molecule has 1 aliphatic carbocycles. The van der Waals surface area contributed by atoms with Crippen LogP contribution in [-0.4, -0.2) is 25.2 Å². The van der Waals surface area contributed by atoms with Crippen molar-refractivity contribution in [1.29, 1.82) is 0 Å². The summed E-state index contributed by atoms with van der Waals surface area (Å²) in [4.78, 5) is 13.3. The van der Waals surface area contributed by atoms with Gasteiger partial charge in [0.25, 0.3) is 0 Å². The molecule has 0 spiro atoms. The van der Waals surface area contributed by atoms with Crippen molar-refractivity contribution in [3.05, 3.63) is 53.3 Å². The van der Waals surface area contributed by atoms with Crippen molar-refractivity contribution in [2.45, 2.75) is 31.9 Å². The van der Waals surface area contributed by atoms with Crippen LogP contribution >= 0.6 is 0 Å². The predicted octanol–water partition coefficient (Wildman–Crippen LogP) is -0.476. The van der Waals surface area contributed by atoms with E-state index < -0.39 is 5.97 Å². The summed E-state index contributed by atoms with van der Waals surface area (Å²) in [5.74, 6) is -0.613. The van der Waals surface area contributed by atoms with E-state index in [1.165, 1.54) is 18.2 Å². The summed E-state index contributed by atoms with van der Waals surface area (Å²) in [5.41, 5.74) is 1.43. The van der Waals surface area contributed by atoms with Gasteiger partial charge in [-0.3, -0.25) is 0 Å². The average molecular weight is 379 g/mol. The third-order valence-electron chi connectivity index (χ3n) is 4.89. The third kappa shape index (κ3) is 4.23. The van der Waals surface area contributed by atoms with Gasteiger partial charge in [-0.15, -0.1) is 0 Å². The SMILES string of the molecule is O=C([O-])c1cccc2c1OCCN2Cc1cc(F)ccc1OC1CCC1.[Na+]. The zero-order chi connectivity index (χ0) is 18.1. The fraction of sp³-hybridized carbons (Fsp3) is 0.350. The van der Waals surface area contributed by atoms with E-state index in [9.17, 15) is 14.3 Å². The molecule has 0 N–H and O–H groups in total. The maximum atomic E-state index is 13.8. The molecule has 5 nitrogen and oxygen atoms in total. The summed E-state index contributed by atoms with van der Waals surface area (Å²) < 4.78 is 25.4. The van der Waals surface area contributed by atoms with Gasteiger partial charge in [0.15, 0.2) is 5.75 Å². The molecule has 4 rings (SSSR count). The average Bonchev–Trinajstić information content (AvgIpc) is 2.59. The van der Waals surface area contributed by atoms with Crippen molar-refractivity contribution < 1.29 is 53.3 Å². The molecule has 1 fully saturated rings. The Balaban J connectivity index is 0.00000210. The molecule has 2 aromatic carbocycles. The van der Waals surface area contributed by atoms with Crippen molar-refractivity contribution in [3.63, 3.8) is 0 Å². The van der Waals surface area contributed by atoms with Gasteiger partial charge in [0.2, 0.25) is 0 Å². The van der Waals surface area contributed by atoms with Gasteiger partial charge in [-0.05, 0) is 49.6 Å². The van der Waals surface area contributed by atoms with E-state index in [1.807, 2.05) is 4.90 Å². The van der Waals surface area contributed by atoms with Crippen LogP contribution in [0.5, 0.6) is 11.5 Å². The van der Waals surface area contributed by atoms with Gasteiger partial charge >= 0.3 is 29.6 Å². The van der Waals surface area contributed by atoms with Crippen LogP contribution in [0, 0.1) is 5.82 Å². The van der Waals surface area contributed by atoms with Crippen LogP contribution in [0.4, 0.5) is 10.1 Å². The number of para-hydroxylation sites is 1. The number of nitrogens with zero attached hydrogens (tertiary/aromatic N) is 1. The Morgan fingerprint density at radius 2 is 2.11 bits per heavy atom. The number of halogens is 1. The van der Waals surface area contributed by atoms with Crippen molar-refractivity contribution >= 4 is 11.7 Å². The fourth-order valence-electron chi connectivity index (χ4n) is 3.29. The van der Waals surface area contributed by atoms with Gasteiger partial charge in [0.1, 0.15) is 18.2 Å². The number of carbonyl (C=O) groups is 1. The van der Waals surface area contributed by atoms with Gasteiger partial charge < -0.3 is 24.3 Å². The smallest absolute Gasteiger partial charge is 0.545 e. The van der Waals surface area contributed by atoms with E-state index in [4.69, 9.17) is 9.47 Å². The molecule has 0 aromatic heterocycles. The Kier molecular flexibility index (Phi) is 6.29. The first-order valence-corrected chi connectivity index (χ1v) is 8.79. The fourth-order valence-corrected chi connectivity index (χ4v) is 3.29. The number of anilines is 1. The Hall–Kier alpha value is -1.76. The number of aromatic carboxylic acids is 1. The maximum absolute atomic E-state index is 13.8. The van der Waals surface area contributed by atoms with E-state index >= 15 is 0 Å². The number of carboxylic acid groups (broad SMARTS) is 1. The van der Waals surface area contributed by atoms with Crippen LogP contribution in [-0.2, 0) is 6.54 Å². The number of hydrogen-bond acceptors (Lipinski definition) is 5. The van der Waals surface area contributed by atoms with Gasteiger partial charge in [-0.2, -0.15) is 0 Å². The summed E-state index contributed by atoms with van der Waals surface area (Å²) in [6.45, 7) is 1.33. The molecule has 27 heavy (non-hydrogen) atoms. The molecule has 7 heteroatoms. The van der Waals surface area contributed by atoms with Gasteiger partial charge in [0.05, 0.1) is 24.3 Å². The second-order valence-corrected chi connectivity index (χ2v) is 6.63. The maximum Gasteiger partial charge on any atom is 1.00 e. The van der Waals surface area contributed by atoms with Crippen LogP contribution in [0.3, 0.4) is 0 Å². The van der Waals surface area contributed by atoms with Crippen LogP contribution in [0.2, 0.25) is 0 Å². The molecule has 1 saturated carbocycles. The van der Waals surface area contributed by atoms with Crippen LogP contribution < -0.4 is 49.0 Å². The minimum atomic E-state index is -1.27. The molecular formula is C20H19FNNaO4. The van der Waals surface area contributed by atoms with Crippen LogP contribution in [0.25, 0.3) is 0 Å². The second-order valence-electron chi connectivity index (χ2n) is 6.63. The molecule has 136 valence electrons. The topological polar surface area (TPSA) is 61.8 Å². The first kappa shape index (κ1) is 20.0. The Morgan fingerprint density at radius 1 is 1.30 bits per heavy atom. The number of ether oxygens (including phenoxy) is 2. The van der Waals surface area contributed by atoms with Crippen molar-refractivity contribution in [3.8, 4) is 11.5 Å². The standard InChI is InChI=1S/C20H20FNO4.Na/c21-14-7-8-18(26-15-3-1-4-15)13(11-14)12-22-9-10-25-19-16(20(23)24)5-2-6-17(19)22;/h2,5-8,11,15H,1,3-4,9-10,12H2,(H,23,24);/q;+1/p-1. The van der Waals surface area contributed by atoms with E-state index in [0.29, 0.717) is 36.9 Å². The van der Waals surface area contributed by atoms with Crippen molar-refractivity contribution in [2.75, 3.05) is 18.1 Å². The van der Waals surface area contributed by atoms with Gasteiger partial charge in [0, 0.05) is 17.7 Å². The van der Waals surface area contributed by atoms with Gasteiger partial charge in [-0.25, -0.2) is 4.39 Å². The molecule has 0 amide bonds. The van der Waals surface area contributed by atoms with E-state index in [0.717, 1.165) is 24.8 Å². The molecule has 1 heterocycles. The summed E-state index contributed by atoms with van der Waals surface area (Å²) in [6.07, 6.45) is 3.39. The molecule has 0 atom stereocenters. The van der Waals surface area contributed by atoms with Crippen molar-refractivity contribution in [2.24, 2.45) is 0 Å². The minimum absolute atomic E-state index is 0. The Morgan fingerprint density at radius 3 is 2.81 bits per heavy atom. The monoisotopic (exact) mass is 379 g/mol. The minimum Gasteiger partial charge on any atom is -0.545 e. The third-order valence-corrected chi connectivity index (χ3v) is 4.89. The molecule has 0 bridgehead atoms. The number of carboxylic acids is 1. The summed E-state index contributed by atoms with van der Waals surface area (Å²) >= 11 is 0. The number of hydrogen-bond donors (Lipinski definition) is 0. The van der Waals surface area contributed by atoms with Crippen LogP contribution in [0.1, 0.15) is 35.2 Å². The molecule has 1 aliphatic heterocycles. The number of fused-ring (bicyclic) bond motifs is 1. The molecule has 2 aliphatic rings. The van der Waals surface area contributed by atoms with Gasteiger partial charge in [-0.1, -0.05) is 6.07 Å². The summed E-state index contributed by atoms with van der Waals surface area (Å²) in [5, 5.41) is 11.3. The first-order chi connectivity index (χ1) is 12.6. The molecule has 0 radical (unpaired) electrons. The number of rotatable bonds is 5. The van der Waals surface area contributed by atoms with Crippen LogP contribution in [0.15, 0.2) is 36.4 Å². The number of benzene rings is 2. The Labute approximate surface area is 179 Å². The van der Waals surface area contributed by atoms with Crippen molar-refractivity contribution in [1.82, 2.24) is 0 Å². The quantitative estimate of drug-likeness (QED) is 0.657. The van der Waals surface area contributed by atoms with E-state index in [1.54, 1.807) is 18.2 Å². The Bertz CT molecular complexity index is 841. The molecule has 0 unspecified atom stereocenters. The zero-order valence-corrected chi connectivity index (χ0v) is 17.2. The largest absolute Gasteiger partial charge is 1.00 e. The summed E-state index contributed by atoms with van der Waals surface area (Å²) in [6, 6.07) is 9.47. The summed E-state index contributed by atoms with van der Waals surface area (Å²) in [7, 11) is 0. The first-order valence-electron chi connectivity index (χ1n) is 8.79. The van der Waals surface area contributed by atoms with E-state index in [2.05, 4.69) is 0 Å². The molecule has 2 aromatic rings. The zero-order valence-electron chi connectivity index (χ0n) is 15.2. The second kappa shape index (κ2) is 8.50. The predicted molar refractivity (Wildman–Crippen MR) is 92.0 cm³/mol. The normalized spacial score (nSPS) is 15.8. The molecule has 0 saturated heterocycles. The molecular weight excluding hydrogens is 360 g/mol. The van der Waals surface area contributed by atoms with E-state index in [-0.39, 0.29) is 47.0 Å². The number of carbonyl (C=O) groups excluding carboxylic acids is 1.